The first-order valence-electron chi connectivity index (χ1n) is 7.87. The Balaban J connectivity index is 1.52. The van der Waals surface area contributed by atoms with Gasteiger partial charge in [0.2, 0.25) is 0 Å². The predicted octanol–water partition coefficient (Wildman–Crippen LogP) is 1.88. The van der Waals surface area contributed by atoms with E-state index in [-0.39, 0.29) is 0 Å². The number of hydrogen-bond acceptors (Lipinski definition) is 3. The number of piperidine rings is 2. The molecule has 0 aromatic rings. The fourth-order valence-corrected chi connectivity index (χ4v) is 4.11. The first-order valence-corrected chi connectivity index (χ1v) is 7.87. The average molecular weight is 252 g/mol. The monoisotopic (exact) mass is 252 g/mol. The Morgan fingerprint density at radius 1 is 1.11 bits per heavy atom. The Labute approximate surface area is 111 Å². The van der Waals surface area contributed by atoms with Gasteiger partial charge in [-0.25, -0.2) is 0 Å². The molecule has 0 amide bonds. The van der Waals surface area contributed by atoms with Crippen LogP contribution in [0.15, 0.2) is 0 Å². The molecule has 0 atom stereocenters. The summed E-state index contributed by atoms with van der Waals surface area (Å²) in [6.45, 7) is 8.51. The first-order chi connectivity index (χ1) is 8.86. The summed E-state index contributed by atoms with van der Waals surface area (Å²) < 4.78 is 5.56. The van der Waals surface area contributed by atoms with Crippen molar-refractivity contribution in [1.82, 2.24) is 10.2 Å². The SMILES string of the molecule is C1CN(CC2CCNCC2)CC2(C1)CCOCC2. The number of nitrogens with one attached hydrogen (secondary N) is 1. The van der Waals surface area contributed by atoms with Gasteiger partial charge in [-0.1, -0.05) is 0 Å². The fourth-order valence-electron chi connectivity index (χ4n) is 4.11. The summed E-state index contributed by atoms with van der Waals surface area (Å²) in [6, 6.07) is 0. The Kier molecular flexibility index (Phi) is 4.22. The topological polar surface area (TPSA) is 24.5 Å². The largest absolute Gasteiger partial charge is 0.381 e. The maximum atomic E-state index is 5.56. The third-order valence-electron chi connectivity index (χ3n) is 5.27. The third kappa shape index (κ3) is 3.06. The third-order valence-corrected chi connectivity index (χ3v) is 5.27. The summed E-state index contributed by atoms with van der Waals surface area (Å²) in [5.74, 6) is 0.946. The first kappa shape index (κ1) is 12.9. The molecule has 3 heterocycles. The van der Waals surface area contributed by atoms with Gasteiger partial charge < -0.3 is 15.0 Å². The zero-order valence-corrected chi connectivity index (χ0v) is 11.6. The minimum Gasteiger partial charge on any atom is -0.381 e. The molecule has 0 unspecified atom stereocenters. The average Bonchev–Trinajstić information content (AvgIpc) is 2.41. The quantitative estimate of drug-likeness (QED) is 0.812. The van der Waals surface area contributed by atoms with E-state index in [4.69, 9.17) is 4.74 Å². The number of ether oxygens (including phenoxy) is 1. The molecular weight excluding hydrogens is 224 g/mol. The van der Waals surface area contributed by atoms with Crippen molar-refractivity contribution < 1.29 is 4.74 Å². The van der Waals surface area contributed by atoms with Gasteiger partial charge in [-0.2, -0.15) is 0 Å². The second kappa shape index (κ2) is 5.89. The highest BCUT2D eigenvalue weighted by molar-refractivity contribution is 4.89. The second-order valence-electron chi connectivity index (χ2n) is 6.64. The van der Waals surface area contributed by atoms with Crippen LogP contribution in [0.2, 0.25) is 0 Å². The molecule has 3 heteroatoms. The molecule has 104 valence electrons. The molecule has 3 rings (SSSR count). The van der Waals surface area contributed by atoms with Crippen molar-refractivity contribution in [3.05, 3.63) is 0 Å². The molecule has 3 aliphatic rings. The van der Waals surface area contributed by atoms with Crippen molar-refractivity contribution in [2.45, 2.75) is 38.5 Å². The van der Waals surface area contributed by atoms with E-state index in [0.29, 0.717) is 5.41 Å². The van der Waals surface area contributed by atoms with E-state index in [9.17, 15) is 0 Å². The number of hydrogen-bond donors (Lipinski definition) is 1. The normalized spacial score (nSPS) is 30.7. The lowest BCUT2D eigenvalue weighted by atomic mass is 9.73. The van der Waals surface area contributed by atoms with E-state index >= 15 is 0 Å². The number of rotatable bonds is 2. The minimum atomic E-state index is 0.615. The summed E-state index contributed by atoms with van der Waals surface area (Å²) in [5, 5.41) is 3.47. The van der Waals surface area contributed by atoms with Crippen molar-refractivity contribution in [2.75, 3.05) is 45.9 Å². The lowest BCUT2D eigenvalue weighted by molar-refractivity contribution is -0.0309. The van der Waals surface area contributed by atoms with Gasteiger partial charge in [0.1, 0.15) is 0 Å². The van der Waals surface area contributed by atoms with Gasteiger partial charge in [0, 0.05) is 26.3 Å². The van der Waals surface area contributed by atoms with Crippen LogP contribution in [-0.4, -0.2) is 50.8 Å². The molecule has 18 heavy (non-hydrogen) atoms. The van der Waals surface area contributed by atoms with Crippen LogP contribution in [0.3, 0.4) is 0 Å². The molecule has 0 bridgehead atoms. The molecule has 3 aliphatic heterocycles. The molecule has 3 saturated heterocycles. The smallest absolute Gasteiger partial charge is 0.0471 e. The van der Waals surface area contributed by atoms with Crippen LogP contribution >= 0.6 is 0 Å². The molecule has 3 fully saturated rings. The van der Waals surface area contributed by atoms with E-state index in [1.165, 1.54) is 71.2 Å². The van der Waals surface area contributed by atoms with Gasteiger partial charge in [-0.05, 0) is 69.5 Å². The molecule has 0 aromatic heterocycles. The zero-order chi connectivity index (χ0) is 12.3. The molecule has 1 N–H and O–H groups in total. The van der Waals surface area contributed by atoms with Crippen LogP contribution in [0.1, 0.15) is 38.5 Å². The highest BCUT2D eigenvalue weighted by atomic mass is 16.5. The zero-order valence-electron chi connectivity index (χ0n) is 11.6. The van der Waals surface area contributed by atoms with Crippen LogP contribution in [-0.2, 0) is 4.74 Å². The van der Waals surface area contributed by atoms with Crippen LogP contribution in [0.5, 0.6) is 0 Å². The fraction of sp³-hybridized carbons (Fsp3) is 1.00. The Morgan fingerprint density at radius 2 is 1.89 bits per heavy atom. The highest BCUT2D eigenvalue weighted by Crippen LogP contribution is 2.39. The van der Waals surface area contributed by atoms with E-state index in [1.807, 2.05) is 0 Å². The highest BCUT2D eigenvalue weighted by Gasteiger charge is 2.37. The van der Waals surface area contributed by atoms with Crippen molar-refractivity contribution in [2.24, 2.45) is 11.3 Å². The lowest BCUT2D eigenvalue weighted by Gasteiger charge is -2.46. The Morgan fingerprint density at radius 3 is 2.67 bits per heavy atom. The molecular formula is C15H28N2O. The van der Waals surface area contributed by atoms with Crippen LogP contribution < -0.4 is 5.32 Å². The van der Waals surface area contributed by atoms with E-state index < -0.39 is 0 Å². The number of likely N-dealkylation sites (tertiary alicyclic amines) is 1. The van der Waals surface area contributed by atoms with Crippen LogP contribution in [0, 0.1) is 11.3 Å². The van der Waals surface area contributed by atoms with Crippen LogP contribution in [0.25, 0.3) is 0 Å². The maximum absolute atomic E-state index is 5.56. The molecule has 0 aliphatic carbocycles. The van der Waals surface area contributed by atoms with Gasteiger partial charge in [0.05, 0.1) is 0 Å². The van der Waals surface area contributed by atoms with E-state index in [2.05, 4.69) is 10.2 Å². The molecule has 0 radical (unpaired) electrons. The van der Waals surface area contributed by atoms with Gasteiger partial charge in [-0.3, -0.25) is 0 Å². The minimum absolute atomic E-state index is 0.615. The van der Waals surface area contributed by atoms with Crippen molar-refractivity contribution in [1.29, 1.82) is 0 Å². The number of nitrogens with zero attached hydrogens (tertiary/aromatic N) is 1. The summed E-state index contributed by atoms with van der Waals surface area (Å²) in [6.07, 6.45) is 8.22. The Bertz CT molecular complexity index is 252. The van der Waals surface area contributed by atoms with Crippen molar-refractivity contribution >= 4 is 0 Å². The standard InChI is InChI=1S/C15H28N2O/c1-4-15(5-10-18-11-6-15)13-17(9-1)12-14-2-7-16-8-3-14/h14,16H,1-13H2. The van der Waals surface area contributed by atoms with E-state index in [1.54, 1.807) is 0 Å². The second-order valence-corrected chi connectivity index (χ2v) is 6.64. The van der Waals surface area contributed by atoms with Crippen molar-refractivity contribution in [3.8, 4) is 0 Å². The van der Waals surface area contributed by atoms with E-state index in [0.717, 1.165) is 19.1 Å². The van der Waals surface area contributed by atoms with Crippen molar-refractivity contribution in [3.63, 3.8) is 0 Å². The lowest BCUT2D eigenvalue weighted by Crippen LogP contribution is -2.48. The molecule has 3 nitrogen and oxygen atoms in total. The van der Waals surface area contributed by atoms with Gasteiger partial charge in [-0.15, -0.1) is 0 Å². The van der Waals surface area contributed by atoms with Crippen LogP contribution in [0.4, 0.5) is 0 Å². The predicted molar refractivity (Wildman–Crippen MR) is 73.8 cm³/mol. The van der Waals surface area contributed by atoms with Gasteiger partial charge >= 0.3 is 0 Å². The van der Waals surface area contributed by atoms with Gasteiger partial charge in [0.15, 0.2) is 0 Å². The molecule has 0 saturated carbocycles. The molecule has 1 spiro atoms. The summed E-state index contributed by atoms with van der Waals surface area (Å²) in [7, 11) is 0. The Hall–Kier alpha value is -0.120. The summed E-state index contributed by atoms with van der Waals surface area (Å²) in [4.78, 5) is 2.77. The molecule has 0 aromatic carbocycles. The van der Waals surface area contributed by atoms with Gasteiger partial charge in [0.25, 0.3) is 0 Å². The summed E-state index contributed by atoms with van der Waals surface area (Å²) >= 11 is 0. The summed E-state index contributed by atoms with van der Waals surface area (Å²) in [5.41, 5.74) is 0.615. The maximum Gasteiger partial charge on any atom is 0.0471 e.